The second-order valence-electron chi connectivity index (χ2n) is 7.45. The number of pyridine rings is 1. The summed E-state index contributed by atoms with van der Waals surface area (Å²) in [7, 11) is 0. The predicted octanol–water partition coefficient (Wildman–Crippen LogP) is 4.06. The number of aromatic nitrogens is 2. The third-order valence-corrected chi connectivity index (χ3v) is 6.55. The van der Waals surface area contributed by atoms with Gasteiger partial charge >= 0.3 is 0 Å². The molecular formula is C23H23ClN4O3S. The first-order valence-corrected chi connectivity index (χ1v) is 11.6. The summed E-state index contributed by atoms with van der Waals surface area (Å²) in [6, 6.07) is 10.6. The maximum Gasteiger partial charge on any atom is 0.261 e. The third-order valence-electron chi connectivity index (χ3n) is 5.37. The number of nitrogens with zero attached hydrogens (tertiary/aromatic N) is 4. The molecular weight excluding hydrogens is 448 g/mol. The minimum absolute atomic E-state index is 0.00448. The Balaban J connectivity index is 1.55. The van der Waals surface area contributed by atoms with Crippen molar-refractivity contribution in [3.63, 3.8) is 0 Å². The van der Waals surface area contributed by atoms with Crippen LogP contribution in [-0.2, 0) is 9.59 Å². The van der Waals surface area contributed by atoms with Crippen molar-refractivity contribution in [2.75, 3.05) is 26.2 Å². The van der Waals surface area contributed by atoms with Gasteiger partial charge in [-0.05, 0) is 36.8 Å². The molecule has 0 aliphatic carbocycles. The predicted molar refractivity (Wildman–Crippen MR) is 124 cm³/mol. The average molecular weight is 471 g/mol. The van der Waals surface area contributed by atoms with Crippen LogP contribution in [0.1, 0.15) is 24.4 Å². The lowest BCUT2D eigenvalue weighted by molar-refractivity contribution is -0.136. The minimum atomic E-state index is -0.226. The highest BCUT2D eigenvalue weighted by atomic mass is 35.5. The summed E-state index contributed by atoms with van der Waals surface area (Å²) < 4.78 is 5.70. The highest BCUT2D eigenvalue weighted by Crippen LogP contribution is 2.32. The van der Waals surface area contributed by atoms with Crippen molar-refractivity contribution in [1.29, 1.82) is 0 Å². The SMILES string of the molecule is CC(=O)N1CCC(c2nc(-c3ccncc3)cs2)N(C(=O)COc2cccc(Cl)c2)CC1. The Labute approximate surface area is 195 Å². The highest BCUT2D eigenvalue weighted by molar-refractivity contribution is 7.10. The summed E-state index contributed by atoms with van der Waals surface area (Å²) in [6.45, 7) is 2.92. The molecule has 0 spiro atoms. The van der Waals surface area contributed by atoms with Crippen molar-refractivity contribution in [3.8, 4) is 17.0 Å². The summed E-state index contributed by atoms with van der Waals surface area (Å²) in [5, 5.41) is 3.38. The molecule has 0 saturated carbocycles. The quantitative estimate of drug-likeness (QED) is 0.562. The molecule has 1 unspecified atom stereocenters. The molecule has 2 aromatic heterocycles. The van der Waals surface area contributed by atoms with Gasteiger partial charge in [0, 0.05) is 54.9 Å². The summed E-state index contributed by atoms with van der Waals surface area (Å²) in [6.07, 6.45) is 4.08. The van der Waals surface area contributed by atoms with Crippen molar-refractivity contribution in [3.05, 3.63) is 64.2 Å². The Morgan fingerprint density at radius 2 is 2.00 bits per heavy atom. The van der Waals surface area contributed by atoms with E-state index in [1.54, 1.807) is 53.4 Å². The third kappa shape index (κ3) is 5.26. The second-order valence-corrected chi connectivity index (χ2v) is 8.78. The van der Waals surface area contributed by atoms with Crippen molar-refractivity contribution < 1.29 is 14.3 Å². The van der Waals surface area contributed by atoms with Gasteiger partial charge in [-0.1, -0.05) is 17.7 Å². The summed E-state index contributed by atoms with van der Waals surface area (Å²) in [5.74, 6) is 0.391. The smallest absolute Gasteiger partial charge is 0.261 e. The fraction of sp³-hybridized carbons (Fsp3) is 0.304. The lowest BCUT2D eigenvalue weighted by atomic mass is 10.1. The molecule has 1 aliphatic heterocycles. The second kappa shape index (κ2) is 10.1. The van der Waals surface area contributed by atoms with E-state index in [0.717, 1.165) is 16.3 Å². The monoisotopic (exact) mass is 470 g/mol. The summed E-state index contributed by atoms with van der Waals surface area (Å²) in [5.41, 5.74) is 1.83. The van der Waals surface area contributed by atoms with Crippen LogP contribution < -0.4 is 4.74 Å². The normalized spacial score (nSPS) is 16.5. The van der Waals surface area contributed by atoms with Crippen molar-refractivity contribution in [2.45, 2.75) is 19.4 Å². The molecule has 9 heteroatoms. The Kier molecular flexibility index (Phi) is 7.02. The zero-order valence-electron chi connectivity index (χ0n) is 17.6. The first-order valence-electron chi connectivity index (χ1n) is 10.3. The van der Waals surface area contributed by atoms with E-state index in [1.165, 1.54) is 11.3 Å². The summed E-state index contributed by atoms with van der Waals surface area (Å²) in [4.78, 5) is 37.6. The average Bonchev–Trinajstić information content (AvgIpc) is 3.17. The van der Waals surface area contributed by atoms with Crippen molar-refractivity contribution >= 4 is 34.8 Å². The standard InChI is InChI=1S/C23H23ClN4O3S/c1-16(29)27-10-7-21(23-26-20(15-32-23)17-5-8-25-9-6-17)28(12-11-27)22(30)14-31-19-4-2-3-18(24)13-19/h2-6,8-9,13,15,21H,7,10-12,14H2,1H3. The van der Waals surface area contributed by atoms with Crippen LogP contribution in [0.15, 0.2) is 54.2 Å². The molecule has 0 radical (unpaired) electrons. The van der Waals surface area contributed by atoms with Crippen LogP contribution in [0.5, 0.6) is 5.75 Å². The molecule has 1 fully saturated rings. The molecule has 0 bridgehead atoms. The molecule has 166 valence electrons. The Morgan fingerprint density at radius 1 is 1.19 bits per heavy atom. The van der Waals surface area contributed by atoms with Gasteiger partial charge in [-0.2, -0.15) is 0 Å². The van der Waals surface area contributed by atoms with Gasteiger partial charge in [0.25, 0.3) is 5.91 Å². The topological polar surface area (TPSA) is 75.6 Å². The molecule has 1 aromatic carbocycles. The molecule has 32 heavy (non-hydrogen) atoms. The fourth-order valence-corrected chi connectivity index (χ4v) is 4.84. The number of amides is 2. The fourth-order valence-electron chi connectivity index (χ4n) is 3.68. The molecule has 3 heterocycles. The van der Waals surface area contributed by atoms with Crippen molar-refractivity contribution in [1.82, 2.24) is 19.8 Å². The van der Waals surface area contributed by atoms with E-state index in [4.69, 9.17) is 21.3 Å². The van der Waals surface area contributed by atoms with Crippen LogP contribution >= 0.6 is 22.9 Å². The van der Waals surface area contributed by atoms with E-state index in [-0.39, 0.29) is 24.5 Å². The number of hydrogen-bond donors (Lipinski definition) is 0. The van der Waals surface area contributed by atoms with Gasteiger partial charge in [0.05, 0.1) is 11.7 Å². The van der Waals surface area contributed by atoms with E-state index in [1.807, 2.05) is 17.5 Å². The van der Waals surface area contributed by atoms with Gasteiger partial charge in [-0.25, -0.2) is 4.98 Å². The van der Waals surface area contributed by atoms with Gasteiger partial charge in [0.15, 0.2) is 6.61 Å². The van der Waals surface area contributed by atoms with Crippen LogP contribution in [-0.4, -0.2) is 57.8 Å². The maximum absolute atomic E-state index is 13.2. The number of halogens is 1. The largest absolute Gasteiger partial charge is 0.484 e. The Hall–Kier alpha value is -2.97. The highest BCUT2D eigenvalue weighted by Gasteiger charge is 2.32. The Morgan fingerprint density at radius 3 is 2.75 bits per heavy atom. The van der Waals surface area contributed by atoms with E-state index >= 15 is 0 Å². The van der Waals surface area contributed by atoms with E-state index in [0.29, 0.717) is 36.8 Å². The zero-order chi connectivity index (χ0) is 22.5. The van der Waals surface area contributed by atoms with Gasteiger partial charge in [0.2, 0.25) is 5.91 Å². The van der Waals surface area contributed by atoms with Crippen LogP contribution in [0.4, 0.5) is 0 Å². The van der Waals surface area contributed by atoms with Gasteiger partial charge in [-0.15, -0.1) is 11.3 Å². The van der Waals surface area contributed by atoms with Crippen LogP contribution in [0.3, 0.4) is 0 Å². The van der Waals surface area contributed by atoms with Gasteiger partial charge in [0.1, 0.15) is 10.8 Å². The van der Waals surface area contributed by atoms with Gasteiger partial charge < -0.3 is 14.5 Å². The molecule has 1 saturated heterocycles. The number of ether oxygens (including phenoxy) is 1. The number of benzene rings is 1. The van der Waals surface area contributed by atoms with Crippen molar-refractivity contribution in [2.24, 2.45) is 0 Å². The molecule has 0 N–H and O–H groups in total. The van der Waals surface area contributed by atoms with Crippen LogP contribution in [0.25, 0.3) is 11.3 Å². The van der Waals surface area contributed by atoms with Gasteiger partial charge in [-0.3, -0.25) is 14.6 Å². The molecule has 4 rings (SSSR count). The number of carbonyl (C=O) groups is 2. The van der Waals surface area contributed by atoms with Crippen LogP contribution in [0, 0.1) is 0 Å². The number of thiazole rings is 1. The number of hydrogen-bond acceptors (Lipinski definition) is 6. The lowest BCUT2D eigenvalue weighted by Crippen LogP contribution is -2.40. The van der Waals surface area contributed by atoms with E-state index in [9.17, 15) is 9.59 Å². The maximum atomic E-state index is 13.2. The number of carbonyl (C=O) groups excluding carboxylic acids is 2. The zero-order valence-corrected chi connectivity index (χ0v) is 19.2. The molecule has 7 nitrogen and oxygen atoms in total. The van der Waals surface area contributed by atoms with Crippen LogP contribution in [0.2, 0.25) is 5.02 Å². The molecule has 3 aromatic rings. The molecule has 1 atom stereocenters. The molecule has 2 amide bonds. The first kappa shape index (κ1) is 22.2. The Bertz CT molecular complexity index is 1090. The van der Waals surface area contributed by atoms with E-state index in [2.05, 4.69) is 4.98 Å². The minimum Gasteiger partial charge on any atom is -0.484 e. The number of rotatable bonds is 5. The lowest BCUT2D eigenvalue weighted by Gasteiger charge is -2.28. The molecule has 1 aliphatic rings. The van der Waals surface area contributed by atoms with E-state index < -0.39 is 0 Å². The summed E-state index contributed by atoms with van der Waals surface area (Å²) >= 11 is 7.53. The first-order chi connectivity index (χ1) is 15.5.